The quantitative estimate of drug-likeness (QED) is 0.718. The highest BCUT2D eigenvalue weighted by molar-refractivity contribution is 9.10. The molecule has 6 heteroatoms. The van der Waals surface area contributed by atoms with Gasteiger partial charge in [0.05, 0.1) is 12.6 Å². The minimum atomic E-state index is -0.0475. The fourth-order valence-corrected chi connectivity index (χ4v) is 1.83. The number of hydrogen-bond acceptors (Lipinski definition) is 5. The Labute approximate surface area is 104 Å². The Bertz CT molecular complexity index is 325. The number of nitrogens with one attached hydrogen (secondary N) is 1. The van der Waals surface area contributed by atoms with Crippen LogP contribution in [0.4, 0.5) is 11.8 Å². The first-order valence-electron chi connectivity index (χ1n) is 5.18. The summed E-state index contributed by atoms with van der Waals surface area (Å²) in [7, 11) is 0. The lowest BCUT2D eigenvalue weighted by Crippen LogP contribution is -2.26. The van der Waals surface area contributed by atoms with E-state index in [0.717, 1.165) is 6.42 Å². The van der Waals surface area contributed by atoms with Crippen molar-refractivity contribution in [2.45, 2.75) is 26.3 Å². The molecular weight excluding hydrogens is 272 g/mol. The van der Waals surface area contributed by atoms with Crippen LogP contribution in [0.25, 0.3) is 0 Å². The third-order valence-electron chi connectivity index (χ3n) is 2.02. The van der Waals surface area contributed by atoms with E-state index in [1.54, 1.807) is 6.07 Å². The highest BCUT2D eigenvalue weighted by Gasteiger charge is 2.11. The number of aliphatic hydroxyl groups is 1. The van der Waals surface area contributed by atoms with Crippen molar-refractivity contribution < 1.29 is 5.11 Å². The van der Waals surface area contributed by atoms with Gasteiger partial charge in [-0.3, -0.25) is 0 Å². The maximum Gasteiger partial charge on any atom is 0.226 e. The van der Waals surface area contributed by atoms with Crippen molar-refractivity contribution in [2.75, 3.05) is 17.7 Å². The first kappa shape index (κ1) is 13.2. The summed E-state index contributed by atoms with van der Waals surface area (Å²) in [5.74, 6) is 1.33. The molecule has 1 atom stereocenters. The Balaban J connectivity index is 2.69. The summed E-state index contributed by atoms with van der Waals surface area (Å²) in [6.07, 6.45) is 0.853. The Morgan fingerprint density at radius 3 is 2.69 bits per heavy atom. The number of aromatic nitrogens is 2. The summed E-state index contributed by atoms with van der Waals surface area (Å²) in [6, 6.07) is 1.58. The van der Waals surface area contributed by atoms with E-state index >= 15 is 0 Å². The van der Waals surface area contributed by atoms with E-state index in [1.165, 1.54) is 0 Å². The molecule has 90 valence electrons. The minimum Gasteiger partial charge on any atom is -0.394 e. The van der Waals surface area contributed by atoms with Crippen LogP contribution in [0.5, 0.6) is 0 Å². The molecule has 0 saturated heterocycles. The summed E-state index contributed by atoms with van der Waals surface area (Å²) >= 11 is 3.24. The third kappa shape index (κ3) is 4.32. The van der Waals surface area contributed by atoms with Gasteiger partial charge in [0.2, 0.25) is 5.95 Å². The van der Waals surface area contributed by atoms with Crippen LogP contribution < -0.4 is 11.1 Å². The predicted octanol–water partition coefficient (Wildman–Crippen LogP) is 1.64. The normalized spacial score (nSPS) is 12.8. The molecule has 0 aromatic carbocycles. The second-order valence-electron chi connectivity index (χ2n) is 4.09. The largest absolute Gasteiger partial charge is 0.394 e. The molecule has 0 saturated carbocycles. The molecule has 0 bridgehead atoms. The average Bonchev–Trinajstić information content (AvgIpc) is 2.14. The van der Waals surface area contributed by atoms with Gasteiger partial charge in [-0.05, 0) is 28.3 Å². The van der Waals surface area contributed by atoms with E-state index in [2.05, 4.69) is 45.1 Å². The van der Waals surface area contributed by atoms with E-state index in [-0.39, 0.29) is 12.6 Å². The van der Waals surface area contributed by atoms with Crippen molar-refractivity contribution in [1.29, 1.82) is 0 Å². The zero-order chi connectivity index (χ0) is 12.1. The molecule has 0 radical (unpaired) electrons. The van der Waals surface area contributed by atoms with Crippen molar-refractivity contribution in [1.82, 2.24) is 9.97 Å². The average molecular weight is 289 g/mol. The lowest BCUT2D eigenvalue weighted by Gasteiger charge is -2.18. The third-order valence-corrected chi connectivity index (χ3v) is 2.43. The zero-order valence-electron chi connectivity index (χ0n) is 9.44. The highest BCUT2D eigenvalue weighted by Crippen LogP contribution is 2.14. The van der Waals surface area contributed by atoms with Crippen LogP contribution in [-0.4, -0.2) is 27.7 Å². The summed E-state index contributed by atoms with van der Waals surface area (Å²) < 4.78 is 0.628. The molecule has 1 rings (SSSR count). The van der Waals surface area contributed by atoms with E-state index in [0.29, 0.717) is 22.3 Å². The molecule has 4 N–H and O–H groups in total. The number of anilines is 2. The van der Waals surface area contributed by atoms with Gasteiger partial charge in [-0.1, -0.05) is 13.8 Å². The number of hydrogen-bond donors (Lipinski definition) is 3. The van der Waals surface area contributed by atoms with E-state index in [4.69, 9.17) is 5.73 Å². The molecule has 0 amide bonds. The van der Waals surface area contributed by atoms with Crippen LogP contribution in [0.3, 0.4) is 0 Å². The van der Waals surface area contributed by atoms with Crippen LogP contribution >= 0.6 is 15.9 Å². The predicted molar refractivity (Wildman–Crippen MR) is 68.1 cm³/mol. The molecule has 0 aliphatic rings. The smallest absolute Gasteiger partial charge is 0.226 e. The molecule has 0 spiro atoms. The van der Waals surface area contributed by atoms with Gasteiger partial charge >= 0.3 is 0 Å². The van der Waals surface area contributed by atoms with Gasteiger partial charge in [0.1, 0.15) is 10.4 Å². The number of nitrogen functional groups attached to an aromatic ring is 1. The SMILES string of the molecule is CC(C)CC(CO)Nc1nc(N)cc(Br)n1. The van der Waals surface area contributed by atoms with E-state index in [1.807, 2.05) is 0 Å². The molecule has 1 aromatic rings. The number of nitrogens with two attached hydrogens (primary N) is 1. The number of rotatable bonds is 5. The number of nitrogens with zero attached hydrogens (tertiary/aromatic N) is 2. The fourth-order valence-electron chi connectivity index (χ4n) is 1.43. The van der Waals surface area contributed by atoms with Gasteiger partial charge in [0, 0.05) is 6.07 Å². The number of halogens is 1. The van der Waals surface area contributed by atoms with E-state index in [9.17, 15) is 5.11 Å². The maximum atomic E-state index is 9.21. The Morgan fingerprint density at radius 1 is 1.50 bits per heavy atom. The van der Waals surface area contributed by atoms with Crippen LogP contribution in [0.15, 0.2) is 10.7 Å². The standard InChI is InChI=1S/C10H17BrN4O/c1-6(2)3-7(5-16)13-10-14-8(11)4-9(12)15-10/h4,6-7,16H,3,5H2,1-2H3,(H3,12,13,14,15). The first-order valence-corrected chi connectivity index (χ1v) is 5.98. The Kier molecular flexibility index (Phi) is 4.95. The molecule has 0 fully saturated rings. The van der Waals surface area contributed by atoms with Crippen LogP contribution in [0, 0.1) is 5.92 Å². The summed E-state index contributed by atoms with van der Waals surface area (Å²) in [4.78, 5) is 8.18. The highest BCUT2D eigenvalue weighted by atomic mass is 79.9. The van der Waals surface area contributed by atoms with Crippen LogP contribution in [0.2, 0.25) is 0 Å². The van der Waals surface area contributed by atoms with Gasteiger partial charge < -0.3 is 16.2 Å². The second kappa shape index (κ2) is 6.00. The topological polar surface area (TPSA) is 84.1 Å². The van der Waals surface area contributed by atoms with E-state index < -0.39 is 0 Å². The van der Waals surface area contributed by atoms with Gasteiger partial charge in [0.15, 0.2) is 0 Å². The van der Waals surface area contributed by atoms with Crippen LogP contribution in [0.1, 0.15) is 20.3 Å². The maximum absolute atomic E-state index is 9.21. The Morgan fingerprint density at radius 2 is 2.19 bits per heavy atom. The summed E-state index contributed by atoms with van der Waals surface area (Å²) in [6.45, 7) is 4.24. The van der Waals surface area contributed by atoms with Gasteiger partial charge in [-0.25, -0.2) is 4.98 Å². The van der Waals surface area contributed by atoms with Gasteiger partial charge in [0.25, 0.3) is 0 Å². The zero-order valence-corrected chi connectivity index (χ0v) is 11.0. The molecule has 1 aromatic heterocycles. The van der Waals surface area contributed by atoms with Crippen molar-refractivity contribution in [2.24, 2.45) is 5.92 Å². The minimum absolute atomic E-state index is 0.0475. The van der Waals surface area contributed by atoms with Crippen molar-refractivity contribution in [3.8, 4) is 0 Å². The lowest BCUT2D eigenvalue weighted by molar-refractivity contribution is 0.259. The Hall–Kier alpha value is -0.880. The molecule has 1 unspecified atom stereocenters. The molecule has 0 aliphatic heterocycles. The fraction of sp³-hybridized carbons (Fsp3) is 0.600. The summed E-state index contributed by atoms with van der Waals surface area (Å²) in [5, 5.41) is 12.3. The molecule has 1 heterocycles. The molecule has 0 aliphatic carbocycles. The van der Waals surface area contributed by atoms with Gasteiger partial charge in [-0.15, -0.1) is 0 Å². The van der Waals surface area contributed by atoms with Crippen molar-refractivity contribution in [3.05, 3.63) is 10.7 Å². The monoisotopic (exact) mass is 288 g/mol. The second-order valence-corrected chi connectivity index (χ2v) is 4.91. The first-order chi connectivity index (χ1) is 7.51. The lowest BCUT2D eigenvalue weighted by atomic mass is 10.0. The molecular formula is C10H17BrN4O. The van der Waals surface area contributed by atoms with Gasteiger partial charge in [-0.2, -0.15) is 4.98 Å². The van der Waals surface area contributed by atoms with Crippen LogP contribution in [-0.2, 0) is 0 Å². The summed E-state index contributed by atoms with van der Waals surface area (Å²) in [5.41, 5.74) is 5.59. The molecule has 5 nitrogen and oxygen atoms in total. The molecule has 16 heavy (non-hydrogen) atoms. The van der Waals surface area contributed by atoms with Crippen molar-refractivity contribution >= 4 is 27.7 Å². The van der Waals surface area contributed by atoms with Crippen molar-refractivity contribution in [3.63, 3.8) is 0 Å². The number of aliphatic hydroxyl groups excluding tert-OH is 1.